The lowest BCUT2D eigenvalue weighted by Crippen LogP contribution is -2.47. The van der Waals surface area contributed by atoms with Crippen molar-refractivity contribution >= 4 is 11.8 Å². The Morgan fingerprint density at radius 1 is 1.14 bits per heavy atom. The molecule has 0 bridgehead atoms. The van der Waals surface area contributed by atoms with Crippen LogP contribution in [0.15, 0.2) is 47.3 Å². The van der Waals surface area contributed by atoms with Crippen molar-refractivity contribution in [3.8, 4) is 5.75 Å². The highest BCUT2D eigenvalue weighted by molar-refractivity contribution is 5.97. The van der Waals surface area contributed by atoms with Gasteiger partial charge in [-0.3, -0.25) is 14.5 Å². The van der Waals surface area contributed by atoms with Gasteiger partial charge in [-0.2, -0.15) is 0 Å². The van der Waals surface area contributed by atoms with Crippen molar-refractivity contribution < 1.29 is 18.7 Å². The van der Waals surface area contributed by atoms with Crippen LogP contribution in [0.4, 0.5) is 0 Å². The number of rotatable bonds is 8. The normalized spacial score (nSPS) is 16.6. The van der Waals surface area contributed by atoms with Gasteiger partial charge in [0.1, 0.15) is 18.1 Å². The first-order valence-electron chi connectivity index (χ1n) is 10.1. The molecule has 0 aliphatic carbocycles. The smallest absolute Gasteiger partial charge is 0.255 e. The molecule has 2 atom stereocenters. The summed E-state index contributed by atoms with van der Waals surface area (Å²) >= 11 is 0. The van der Waals surface area contributed by atoms with E-state index in [0.717, 1.165) is 37.2 Å². The van der Waals surface area contributed by atoms with Gasteiger partial charge < -0.3 is 19.8 Å². The molecule has 0 unspecified atom stereocenters. The Kier molecular flexibility index (Phi) is 7.30. The largest absolute Gasteiger partial charge is 0.497 e. The van der Waals surface area contributed by atoms with Crippen LogP contribution in [0.2, 0.25) is 0 Å². The average molecular weight is 399 g/mol. The van der Waals surface area contributed by atoms with Crippen molar-refractivity contribution in [3.05, 3.63) is 54.0 Å². The summed E-state index contributed by atoms with van der Waals surface area (Å²) in [7, 11) is 1.65. The van der Waals surface area contributed by atoms with Gasteiger partial charge in [-0.15, -0.1) is 0 Å². The number of nitrogens with zero attached hydrogens (tertiary/aromatic N) is 1. The Hall–Kier alpha value is -2.80. The van der Waals surface area contributed by atoms with Gasteiger partial charge in [0, 0.05) is 6.54 Å². The lowest BCUT2D eigenvalue weighted by molar-refractivity contribution is -0.122. The molecule has 7 nitrogen and oxygen atoms in total. The third-order valence-electron chi connectivity index (χ3n) is 5.33. The number of carbonyl (C=O) groups is 2. The molecular formula is C22H29N3O4. The molecule has 1 aliphatic heterocycles. The van der Waals surface area contributed by atoms with Crippen LogP contribution in [-0.2, 0) is 4.79 Å². The molecule has 29 heavy (non-hydrogen) atoms. The van der Waals surface area contributed by atoms with Crippen LogP contribution in [0.25, 0.3) is 0 Å². The number of piperidine rings is 1. The number of amides is 2. The van der Waals surface area contributed by atoms with Gasteiger partial charge in [-0.25, -0.2) is 0 Å². The summed E-state index contributed by atoms with van der Waals surface area (Å²) < 4.78 is 10.2. The van der Waals surface area contributed by atoms with Crippen LogP contribution in [0.5, 0.6) is 5.75 Å². The monoisotopic (exact) mass is 399 g/mol. The number of nitrogens with one attached hydrogen (secondary N) is 2. The maximum Gasteiger partial charge on any atom is 0.255 e. The van der Waals surface area contributed by atoms with E-state index < -0.39 is 6.04 Å². The number of hydrogen-bond donors (Lipinski definition) is 2. The van der Waals surface area contributed by atoms with Gasteiger partial charge in [0.25, 0.3) is 5.91 Å². The van der Waals surface area contributed by atoms with Crippen LogP contribution in [0.3, 0.4) is 0 Å². The summed E-state index contributed by atoms with van der Waals surface area (Å²) in [6.07, 6.45) is 6.36. The summed E-state index contributed by atoms with van der Waals surface area (Å²) in [5.41, 5.74) is 1.54. The molecule has 1 aliphatic rings. The quantitative estimate of drug-likeness (QED) is 0.713. The fourth-order valence-corrected chi connectivity index (χ4v) is 3.60. The van der Waals surface area contributed by atoms with Gasteiger partial charge in [-0.1, -0.05) is 18.6 Å². The van der Waals surface area contributed by atoms with Crippen molar-refractivity contribution in [1.29, 1.82) is 0 Å². The van der Waals surface area contributed by atoms with Crippen molar-refractivity contribution in [2.75, 3.05) is 26.7 Å². The second-order valence-corrected chi connectivity index (χ2v) is 7.34. The molecule has 0 saturated carbocycles. The summed E-state index contributed by atoms with van der Waals surface area (Å²) in [5.74, 6) is 0.271. The van der Waals surface area contributed by atoms with Crippen LogP contribution < -0.4 is 15.4 Å². The summed E-state index contributed by atoms with van der Waals surface area (Å²) in [5, 5.41) is 5.71. The minimum atomic E-state index is -0.643. The Balaban J connectivity index is 1.62. The van der Waals surface area contributed by atoms with Gasteiger partial charge >= 0.3 is 0 Å². The highest BCUT2D eigenvalue weighted by Gasteiger charge is 2.24. The molecule has 2 N–H and O–H groups in total. The third-order valence-corrected chi connectivity index (χ3v) is 5.33. The maximum atomic E-state index is 12.6. The lowest BCUT2D eigenvalue weighted by atomic mass is 10.0. The van der Waals surface area contributed by atoms with Crippen molar-refractivity contribution in [2.24, 2.45) is 0 Å². The van der Waals surface area contributed by atoms with E-state index in [4.69, 9.17) is 9.15 Å². The molecule has 1 saturated heterocycles. The van der Waals surface area contributed by atoms with E-state index >= 15 is 0 Å². The number of carbonyl (C=O) groups excluding carboxylic acids is 2. The minimum Gasteiger partial charge on any atom is -0.497 e. The lowest BCUT2D eigenvalue weighted by Gasteiger charge is -2.35. The van der Waals surface area contributed by atoms with E-state index in [-0.39, 0.29) is 17.9 Å². The van der Waals surface area contributed by atoms with Crippen molar-refractivity contribution in [2.45, 2.75) is 38.3 Å². The first-order valence-corrected chi connectivity index (χ1v) is 10.1. The van der Waals surface area contributed by atoms with Crippen LogP contribution in [0, 0.1) is 0 Å². The zero-order valence-corrected chi connectivity index (χ0v) is 17.0. The van der Waals surface area contributed by atoms with E-state index in [1.807, 2.05) is 24.3 Å². The Morgan fingerprint density at radius 2 is 1.86 bits per heavy atom. The van der Waals surface area contributed by atoms with Gasteiger partial charge in [0.15, 0.2) is 0 Å². The third kappa shape index (κ3) is 5.60. The van der Waals surface area contributed by atoms with Crippen LogP contribution >= 0.6 is 0 Å². The molecule has 0 radical (unpaired) electrons. The van der Waals surface area contributed by atoms with E-state index in [1.165, 1.54) is 18.9 Å². The maximum absolute atomic E-state index is 12.6. The van der Waals surface area contributed by atoms with Gasteiger partial charge in [0.2, 0.25) is 5.91 Å². The fourth-order valence-electron chi connectivity index (χ4n) is 3.60. The topological polar surface area (TPSA) is 83.8 Å². The number of benzene rings is 1. The Bertz CT molecular complexity index is 783. The minimum absolute atomic E-state index is 0.0851. The molecule has 1 aromatic carbocycles. The molecule has 0 spiro atoms. The second kappa shape index (κ2) is 10.1. The zero-order valence-electron chi connectivity index (χ0n) is 17.0. The predicted molar refractivity (Wildman–Crippen MR) is 110 cm³/mol. The molecule has 2 aromatic rings. The van der Waals surface area contributed by atoms with Crippen molar-refractivity contribution in [3.63, 3.8) is 0 Å². The molecule has 7 heteroatoms. The summed E-state index contributed by atoms with van der Waals surface area (Å²) in [6.45, 7) is 4.19. The van der Waals surface area contributed by atoms with Crippen molar-refractivity contribution in [1.82, 2.24) is 15.5 Å². The Morgan fingerprint density at radius 3 is 2.48 bits per heavy atom. The first kappa shape index (κ1) is 20.9. The first-order chi connectivity index (χ1) is 14.1. The highest BCUT2D eigenvalue weighted by atomic mass is 16.5. The number of furan rings is 1. The predicted octanol–water partition coefficient (Wildman–Crippen LogP) is 2.75. The molecular weight excluding hydrogens is 370 g/mol. The van der Waals surface area contributed by atoms with E-state index in [1.54, 1.807) is 20.1 Å². The number of likely N-dealkylation sites (tertiary alicyclic amines) is 1. The number of hydrogen-bond acceptors (Lipinski definition) is 5. The molecule has 2 heterocycles. The van der Waals surface area contributed by atoms with E-state index in [2.05, 4.69) is 15.5 Å². The summed E-state index contributed by atoms with van der Waals surface area (Å²) in [6, 6.07) is 9.00. The molecule has 3 rings (SSSR count). The number of ether oxygens (including phenoxy) is 1. The van der Waals surface area contributed by atoms with Gasteiger partial charge in [0.05, 0.1) is 25.0 Å². The zero-order chi connectivity index (χ0) is 20.6. The SMILES string of the molecule is COc1ccc([C@@H](CNC(=O)[C@@H](C)NC(=O)c2ccoc2)N2CCCCC2)cc1. The van der Waals surface area contributed by atoms with E-state index in [0.29, 0.717) is 12.1 Å². The highest BCUT2D eigenvalue weighted by Crippen LogP contribution is 2.25. The average Bonchev–Trinajstić information content (AvgIpc) is 3.30. The molecule has 1 aromatic heterocycles. The van der Waals surface area contributed by atoms with Crippen LogP contribution in [0.1, 0.15) is 48.1 Å². The number of methoxy groups -OCH3 is 1. The molecule has 2 amide bonds. The summed E-state index contributed by atoms with van der Waals surface area (Å²) in [4.78, 5) is 27.1. The Labute approximate surface area is 171 Å². The van der Waals surface area contributed by atoms with Crippen LogP contribution in [-0.4, -0.2) is 49.5 Å². The van der Waals surface area contributed by atoms with E-state index in [9.17, 15) is 9.59 Å². The molecule has 1 fully saturated rings. The molecule has 156 valence electrons. The standard InChI is InChI=1S/C22H29N3O4/c1-16(24-22(27)18-10-13-29-15-18)21(26)23-14-20(25-11-4-3-5-12-25)17-6-8-19(28-2)9-7-17/h6-10,13,15-16,20H,3-5,11-12,14H2,1-2H3,(H,23,26)(H,24,27)/t16-,20-/m1/s1. The fraction of sp³-hybridized carbons (Fsp3) is 0.455. The second-order valence-electron chi connectivity index (χ2n) is 7.34. The van der Waals surface area contributed by atoms with Gasteiger partial charge in [-0.05, 0) is 56.6 Å².